The van der Waals surface area contributed by atoms with Gasteiger partial charge in [0.15, 0.2) is 5.17 Å². The number of halogens is 1. The van der Waals surface area contributed by atoms with Crippen LogP contribution in [0.3, 0.4) is 0 Å². The Hall–Kier alpha value is -3.46. The number of rotatable bonds is 5. The lowest BCUT2D eigenvalue weighted by molar-refractivity contribution is -0.402. The van der Waals surface area contributed by atoms with Crippen molar-refractivity contribution in [1.29, 1.82) is 0 Å². The van der Waals surface area contributed by atoms with Gasteiger partial charge in [0.25, 0.3) is 5.91 Å². The van der Waals surface area contributed by atoms with Crippen LogP contribution in [0.2, 0.25) is 0 Å². The average Bonchev–Trinajstić information content (AvgIpc) is 3.23. The van der Waals surface area contributed by atoms with E-state index in [1.54, 1.807) is 6.92 Å². The fourth-order valence-corrected chi connectivity index (χ4v) is 2.51. The van der Waals surface area contributed by atoms with Crippen LogP contribution in [0.5, 0.6) is 0 Å². The van der Waals surface area contributed by atoms with E-state index in [-0.39, 0.29) is 23.1 Å². The van der Waals surface area contributed by atoms with Crippen LogP contribution in [0.15, 0.2) is 51.5 Å². The Balaban J connectivity index is 1.83. The first-order valence-corrected chi connectivity index (χ1v) is 8.10. The fraction of sp³-hybridized carbons (Fsp3) is 0.118. The zero-order valence-corrected chi connectivity index (χ0v) is 14.7. The summed E-state index contributed by atoms with van der Waals surface area (Å²) in [5.41, 5.74) is 0.747. The first-order valence-electron chi connectivity index (χ1n) is 7.72. The largest absolute Gasteiger partial charge is 0.462 e. The lowest BCUT2D eigenvalue weighted by Gasteiger charge is -2.11. The SMILES string of the molecule is CCOC(=O)c1ccc(N2N=C(Cl)C(=Cc3ccc([N+](=O)[O-])o3)C2=O)cc1. The topological polar surface area (TPSA) is 115 Å². The Morgan fingerprint density at radius 2 is 2.04 bits per heavy atom. The van der Waals surface area contributed by atoms with Gasteiger partial charge in [-0.1, -0.05) is 11.6 Å². The summed E-state index contributed by atoms with van der Waals surface area (Å²) < 4.78 is 9.90. The molecule has 0 N–H and O–H groups in total. The van der Waals surface area contributed by atoms with Crippen LogP contribution in [0.25, 0.3) is 6.08 Å². The van der Waals surface area contributed by atoms with Gasteiger partial charge >= 0.3 is 11.9 Å². The number of hydrogen-bond acceptors (Lipinski definition) is 7. The number of nitrogens with zero attached hydrogens (tertiary/aromatic N) is 3. The van der Waals surface area contributed by atoms with Crippen molar-refractivity contribution in [2.75, 3.05) is 11.6 Å². The van der Waals surface area contributed by atoms with Crippen molar-refractivity contribution in [3.63, 3.8) is 0 Å². The van der Waals surface area contributed by atoms with E-state index < -0.39 is 22.7 Å². The molecule has 1 aromatic heterocycles. The minimum absolute atomic E-state index is 0.0235. The fourth-order valence-electron chi connectivity index (χ4n) is 2.30. The molecule has 10 heteroatoms. The number of furan rings is 1. The monoisotopic (exact) mass is 389 g/mol. The van der Waals surface area contributed by atoms with Crippen molar-refractivity contribution >= 4 is 46.3 Å². The highest BCUT2D eigenvalue weighted by molar-refractivity contribution is 6.74. The minimum Gasteiger partial charge on any atom is -0.462 e. The molecule has 138 valence electrons. The van der Waals surface area contributed by atoms with E-state index in [2.05, 4.69) is 5.10 Å². The summed E-state index contributed by atoms with van der Waals surface area (Å²) >= 11 is 6.03. The number of ether oxygens (including phenoxy) is 1. The molecule has 0 aliphatic carbocycles. The van der Waals surface area contributed by atoms with Gasteiger partial charge in [0, 0.05) is 0 Å². The molecule has 27 heavy (non-hydrogen) atoms. The van der Waals surface area contributed by atoms with Gasteiger partial charge in [0.1, 0.15) is 10.7 Å². The third kappa shape index (κ3) is 3.72. The molecule has 0 atom stereocenters. The zero-order valence-electron chi connectivity index (χ0n) is 13.9. The van der Waals surface area contributed by atoms with Crippen molar-refractivity contribution in [2.45, 2.75) is 6.92 Å². The average molecular weight is 390 g/mol. The van der Waals surface area contributed by atoms with E-state index in [0.717, 1.165) is 5.01 Å². The molecule has 0 saturated heterocycles. The number of hydrazone groups is 1. The van der Waals surface area contributed by atoms with Crippen molar-refractivity contribution in [2.24, 2.45) is 5.10 Å². The standard InChI is InChI=1S/C17H12ClN3O6/c1-2-26-17(23)10-3-5-11(6-4-10)20-16(22)13(15(18)19-20)9-12-7-8-14(27-12)21(24)25/h3-9H,2H2,1H3. The zero-order chi connectivity index (χ0) is 19.6. The van der Waals surface area contributed by atoms with Crippen molar-refractivity contribution in [1.82, 2.24) is 0 Å². The Bertz CT molecular complexity index is 977. The summed E-state index contributed by atoms with van der Waals surface area (Å²) in [4.78, 5) is 34.2. The second-order valence-electron chi connectivity index (χ2n) is 5.27. The highest BCUT2D eigenvalue weighted by Crippen LogP contribution is 2.28. The molecule has 1 amide bonds. The van der Waals surface area contributed by atoms with Crippen LogP contribution in [0.1, 0.15) is 23.0 Å². The van der Waals surface area contributed by atoms with E-state index in [1.807, 2.05) is 0 Å². The van der Waals surface area contributed by atoms with Gasteiger partial charge in [0.2, 0.25) is 0 Å². The lowest BCUT2D eigenvalue weighted by atomic mass is 10.2. The summed E-state index contributed by atoms with van der Waals surface area (Å²) in [7, 11) is 0. The number of carbonyl (C=O) groups excluding carboxylic acids is 2. The summed E-state index contributed by atoms with van der Waals surface area (Å²) in [5.74, 6) is -1.37. The van der Waals surface area contributed by atoms with Crippen LogP contribution in [0.4, 0.5) is 11.6 Å². The Morgan fingerprint density at radius 3 is 2.63 bits per heavy atom. The molecule has 0 bridgehead atoms. The molecule has 0 saturated carbocycles. The van der Waals surface area contributed by atoms with E-state index >= 15 is 0 Å². The van der Waals surface area contributed by atoms with E-state index in [0.29, 0.717) is 11.3 Å². The second kappa shape index (κ2) is 7.42. The maximum absolute atomic E-state index is 12.6. The molecule has 9 nitrogen and oxygen atoms in total. The van der Waals surface area contributed by atoms with Crippen molar-refractivity contribution < 1.29 is 23.7 Å². The molecule has 1 aromatic carbocycles. The molecular weight excluding hydrogens is 378 g/mol. The normalized spacial score (nSPS) is 15.2. The number of benzene rings is 1. The van der Waals surface area contributed by atoms with Crippen molar-refractivity contribution in [3.05, 3.63) is 63.4 Å². The van der Waals surface area contributed by atoms with Gasteiger partial charge < -0.3 is 9.15 Å². The molecule has 2 heterocycles. The van der Waals surface area contributed by atoms with Crippen LogP contribution in [-0.4, -0.2) is 28.6 Å². The lowest BCUT2D eigenvalue weighted by Crippen LogP contribution is -2.21. The molecule has 2 aromatic rings. The quantitative estimate of drug-likeness (QED) is 0.335. The van der Waals surface area contributed by atoms with Gasteiger partial charge in [-0.25, -0.2) is 4.79 Å². The number of amides is 1. The second-order valence-corrected chi connectivity index (χ2v) is 5.62. The first kappa shape index (κ1) is 18.3. The highest BCUT2D eigenvalue weighted by atomic mass is 35.5. The van der Waals surface area contributed by atoms with E-state index in [4.69, 9.17) is 20.8 Å². The van der Waals surface area contributed by atoms with Crippen LogP contribution in [0, 0.1) is 10.1 Å². The van der Waals surface area contributed by atoms with E-state index in [9.17, 15) is 19.7 Å². The Kier molecular flexibility index (Phi) is 5.04. The molecule has 1 aliphatic rings. The summed E-state index contributed by atoms with van der Waals surface area (Å²) in [6, 6.07) is 8.57. The number of esters is 1. The maximum Gasteiger partial charge on any atom is 0.433 e. The predicted molar refractivity (Wildman–Crippen MR) is 96.5 cm³/mol. The molecule has 0 radical (unpaired) electrons. The van der Waals surface area contributed by atoms with Gasteiger partial charge in [0.05, 0.1) is 29.5 Å². The van der Waals surface area contributed by atoms with Crippen molar-refractivity contribution in [3.8, 4) is 0 Å². The summed E-state index contributed by atoms with van der Waals surface area (Å²) in [6.45, 7) is 1.96. The molecule has 0 unspecified atom stereocenters. The Morgan fingerprint density at radius 1 is 1.33 bits per heavy atom. The maximum atomic E-state index is 12.6. The molecule has 0 spiro atoms. The molecular formula is C17H12ClN3O6. The Labute approximate surface area is 157 Å². The molecule has 3 rings (SSSR count). The first-order chi connectivity index (χ1) is 12.9. The summed E-state index contributed by atoms with van der Waals surface area (Å²) in [6.07, 6.45) is 1.27. The molecule has 0 fully saturated rings. The highest BCUT2D eigenvalue weighted by Gasteiger charge is 2.31. The van der Waals surface area contributed by atoms with Crippen LogP contribution < -0.4 is 5.01 Å². The van der Waals surface area contributed by atoms with Gasteiger partial charge in [-0.2, -0.15) is 10.1 Å². The number of carbonyl (C=O) groups is 2. The third-order valence-corrected chi connectivity index (χ3v) is 3.81. The van der Waals surface area contributed by atoms with E-state index in [1.165, 1.54) is 42.5 Å². The third-order valence-electron chi connectivity index (χ3n) is 3.53. The minimum atomic E-state index is -0.689. The number of anilines is 1. The molecule has 1 aliphatic heterocycles. The van der Waals surface area contributed by atoms with Crippen LogP contribution >= 0.6 is 11.6 Å². The predicted octanol–water partition coefficient (Wildman–Crippen LogP) is 3.35. The van der Waals surface area contributed by atoms with Gasteiger partial charge in [-0.05, 0) is 43.3 Å². The van der Waals surface area contributed by atoms with Gasteiger partial charge in [-0.3, -0.25) is 14.9 Å². The summed E-state index contributed by atoms with van der Waals surface area (Å²) in [5, 5.41) is 15.6. The number of nitro groups is 1. The van der Waals surface area contributed by atoms with Crippen LogP contribution in [-0.2, 0) is 9.53 Å². The smallest absolute Gasteiger partial charge is 0.433 e. The number of hydrogen-bond donors (Lipinski definition) is 0. The van der Waals surface area contributed by atoms with Gasteiger partial charge in [-0.15, -0.1) is 0 Å².